The summed E-state index contributed by atoms with van der Waals surface area (Å²) in [4.78, 5) is 16.8. The molecule has 1 N–H and O–H groups in total. The second kappa shape index (κ2) is 7.50. The first kappa shape index (κ1) is 16.5. The number of thiazole rings is 1. The van der Waals surface area contributed by atoms with Gasteiger partial charge in [-0.2, -0.15) is 0 Å². The minimum absolute atomic E-state index is 0.130. The van der Waals surface area contributed by atoms with Gasteiger partial charge in [0.2, 0.25) is 0 Å². The molecule has 0 radical (unpaired) electrons. The van der Waals surface area contributed by atoms with Gasteiger partial charge < -0.3 is 14.6 Å². The first-order valence-corrected chi connectivity index (χ1v) is 8.50. The maximum Gasteiger partial charge on any atom is 0.251 e. The smallest absolute Gasteiger partial charge is 0.251 e. The Kier molecular flexibility index (Phi) is 5.17. The average Bonchev–Trinajstić information content (AvgIpc) is 3.17. The van der Waals surface area contributed by atoms with E-state index in [1.807, 2.05) is 23.6 Å². The molecule has 0 fully saturated rings. The topological polar surface area (TPSA) is 81.9 Å². The Morgan fingerprint density at radius 2 is 2.29 bits per heavy atom. The minimum Gasteiger partial charge on any atom is -0.385 e. The molecule has 0 unspecified atom stereocenters. The van der Waals surface area contributed by atoms with E-state index in [4.69, 9.17) is 4.74 Å². The number of amides is 1. The molecular formula is C16H19N5O2S. The third-order valence-corrected chi connectivity index (χ3v) is 4.54. The minimum atomic E-state index is -0.130. The van der Waals surface area contributed by atoms with Gasteiger partial charge in [0.15, 0.2) is 5.82 Å². The SMILES string of the molecule is COCCCn1cnnc1CNC(=O)c1ccc2nc(C)sc2c1. The molecular weight excluding hydrogens is 326 g/mol. The molecule has 0 aliphatic carbocycles. The molecule has 0 aliphatic heterocycles. The van der Waals surface area contributed by atoms with Gasteiger partial charge in [-0.3, -0.25) is 4.79 Å². The zero-order chi connectivity index (χ0) is 16.9. The Bertz CT molecular complexity index is 842. The third-order valence-electron chi connectivity index (χ3n) is 3.61. The molecule has 7 nitrogen and oxygen atoms in total. The van der Waals surface area contributed by atoms with Gasteiger partial charge in [-0.1, -0.05) is 0 Å². The van der Waals surface area contributed by atoms with Gasteiger partial charge >= 0.3 is 0 Å². The van der Waals surface area contributed by atoms with Gasteiger partial charge in [-0.15, -0.1) is 21.5 Å². The van der Waals surface area contributed by atoms with E-state index >= 15 is 0 Å². The molecule has 24 heavy (non-hydrogen) atoms. The Morgan fingerprint density at radius 3 is 3.12 bits per heavy atom. The number of carbonyl (C=O) groups excluding carboxylic acids is 1. The number of benzene rings is 1. The van der Waals surface area contributed by atoms with E-state index in [9.17, 15) is 4.79 Å². The van der Waals surface area contributed by atoms with E-state index in [-0.39, 0.29) is 5.91 Å². The summed E-state index contributed by atoms with van der Waals surface area (Å²) in [5.41, 5.74) is 1.54. The number of ether oxygens (including phenoxy) is 1. The van der Waals surface area contributed by atoms with Gasteiger partial charge in [0.05, 0.1) is 21.8 Å². The summed E-state index contributed by atoms with van der Waals surface area (Å²) >= 11 is 1.58. The van der Waals surface area contributed by atoms with E-state index in [2.05, 4.69) is 20.5 Å². The number of nitrogens with zero attached hydrogens (tertiary/aromatic N) is 4. The predicted octanol–water partition coefficient (Wildman–Crippen LogP) is 2.16. The van der Waals surface area contributed by atoms with Crippen molar-refractivity contribution in [3.05, 3.63) is 40.9 Å². The van der Waals surface area contributed by atoms with Crippen LogP contribution >= 0.6 is 11.3 Å². The maximum absolute atomic E-state index is 12.4. The summed E-state index contributed by atoms with van der Waals surface area (Å²) < 4.78 is 7.99. The van der Waals surface area contributed by atoms with Crippen LogP contribution in [0.25, 0.3) is 10.2 Å². The number of aromatic nitrogens is 4. The lowest BCUT2D eigenvalue weighted by Gasteiger charge is -2.08. The molecule has 3 rings (SSSR count). The van der Waals surface area contributed by atoms with E-state index in [1.165, 1.54) is 0 Å². The van der Waals surface area contributed by atoms with Crippen molar-refractivity contribution < 1.29 is 9.53 Å². The molecule has 0 saturated carbocycles. The van der Waals surface area contributed by atoms with Crippen LogP contribution in [0.5, 0.6) is 0 Å². The number of hydrogen-bond acceptors (Lipinski definition) is 6. The van der Waals surface area contributed by atoms with Crippen LogP contribution in [0.3, 0.4) is 0 Å². The third kappa shape index (κ3) is 3.77. The van der Waals surface area contributed by atoms with Gasteiger partial charge in [0, 0.05) is 25.8 Å². The molecule has 0 saturated heterocycles. The molecule has 0 aliphatic rings. The van der Waals surface area contributed by atoms with Crippen molar-refractivity contribution in [2.45, 2.75) is 26.4 Å². The van der Waals surface area contributed by atoms with Crippen LogP contribution in [0.15, 0.2) is 24.5 Å². The number of hydrogen-bond donors (Lipinski definition) is 1. The van der Waals surface area contributed by atoms with E-state index in [0.717, 1.165) is 34.0 Å². The summed E-state index contributed by atoms with van der Waals surface area (Å²) in [6.07, 6.45) is 2.54. The number of aryl methyl sites for hydroxylation is 2. The number of carbonyl (C=O) groups is 1. The fourth-order valence-electron chi connectivity index (χ4n) is 2.42. The molecule has 1 aromatic carbocycles. The van der Waals surface area contributed by atoms with Crippen molar-refractivity contribution in [2.24, 2.45) is 0 Å². The van der Waals surface area contributed by atoms with Gasteiger partial charge in [0.1, 0.15) is 6.33 Å². The van der Waals surface area contributed by atoms with Crippen molar-refractivity contribution in [3.8, 4) is 0 Å². The van der Waals surface area contributed by atoms with Crippen LogP contribution in [0.1, 0.15) is 27.6 Å². The normalized spacial score (nSPS) is 11.1. The summed E-state index contributed by atoms with van der Waals surface area (Å²) in [5.74, 6) is 0.601. The summed E-state index contributed by atoms with van der Waals surface area (Å²) in [6, 6.07) is 5.54. The van der Waals surface area contributed by atoms with Gasteiger partial charge in [0.25, 0.3) is 5.91 Å². The summed E-state index contributed by atoms with van der Waals surface area (Å²) in [6.45, 7) is 3.74. The van der Waals surface area contributed by atoms with Crippen LogP contribution in [-0.4, -0.2) is 39.4 Å². The average molecular weight is 345 g/mol. The monoisotopic (exact) mass is 345 g/mol. The van der Waals surface area contributed by atoms with Crippen molar-refractivity contribution >= 4 is 27.5 Å². The molecule has 0 spiro atoms. The van der Waals surface area contributed by atoms with Crippen molar-refractivity contribution in [3.63, 3.8) is 0 Å². The maximum atomic E-state index is 12.4. The highest BCUT2D eigenvalue weighted by Crippen LogP contribution is 2.22. The van der Waals surface area contributed by atoms with Crippen LogP contribution in [-0.2, 0) is 17.8 Å². The standard InChI is InChI=1S/C16H19N5O2S/c1-11-19-13-5-4-12(8-14(13)24-11)16(22)17-9-15-20-18-10-21(15)6-3-7-23-2/h4-5,8,10H,3,6-7,9H2,1-2H3,(H,17,22). The van der Waals surface area contributed by atoms with Crippen LogP contribution < -0.4 is 5.32 Å². The van der Waals surface area contributed by atoms with Crippen molar-refractivity contribution in [2.75, 3.05) is 13.7 Å². The Labute approximate surface area is 143 Å². The van der Waals surface area contributed by atoms with E-state index in [1.54, 1.807) is 30.8 Å². The molecule has 3 aromatic rings. The highest BCUT2D eigenvalue weighted by molar-refractivity contribution is 7.18. The number of methoxy groups -OCH3 is 1. The molecule has 8 heteroatoms. The predicted molar refractivity (Wildman–Crippen MR) is 92.0 cm³/mol. The van der Waals surface area contributed by atoms with E-state index < -0.39 is 0 Å². The second-order valence-electron chi connectivity index (χ2n) is 5.38. The lowest BCUT2D eigenvalue weighted by molar-refractivity contribution is 0.0949. The zero-order valence-corrected chi connectivity index (χ0v) is 14.5. The number of nitrogens with one attached hydrogen (secondary N) is 1. The molecule has 126 valence electrons. The number of fused-ring (bicyclic) bond motifs is 1. The van der Waals surface area contributed by atoms with Gasteiger partial charge in [-0.25, -0.2) is 4.98 Å². The fraction of sp³-hybridized carbons (Fsp3) is 0.375. The van der Waals surface area contributed by atoms with Crippen LogP contribution in [0.4, 0.5) is 0 Å². The fourth-order valence-corrected chi connectivity index (χ4v) is 3.29. The van der Waals surface area contributed by atoms with Crippen molar-refractivity contribution in [1.29, 1.82) is 0 Å². The van der Waals surface area contributed by atoms with Crippen LogP contribution in [0.2, 0.25) is 0 Å². The number of rotatable bonds is 7. The highest BCUT2D eigenvalue weighted by Gasteiger charge is 2.10. The summed E-state index contributed by atoms with van der Waals surface area (Å²) in [7, 11) is 1.68. The molecule has 0 bridgehead atoms. The quantitative estimate of drug-likeness (QED) is 0.664. The zero-order valence-electron chi connectivity index (χ0n) is 13.7. The summed E-state index contributed by atoms with van der Waals surface area (Å²) in [5, 5.41) is 11.9. The lowest BCUT2D eigenvalue weighted by atomic mass is 10.2. The molecule has 2 aromatic heterocycles. The van der Waals surface area contributed by atoms with Crippen LogP contribution in [0, 0.1) is 6.92 Å². The second-order valence-corrected chi connectivity index (χ2v) is 6.62. The first-order chi connectivity index (χ1) is 11.7. The Hall–Kier alpha value is -2.32. The molecule has 1 amide bonds. The van der Waals surface area contributed by atoms with E-state index in [0.29, 0.717) is 18.7 Å². The molecule has 0 atom stereocenters. The largest absolute Gasteiger partial charge is 0.385 e. The Balaban J connectivity index is 1.63. The highest BCUT2D eigenvalue weighted by atomic mass is 32.1. The first-order valence-electron chi connectivity index (χ1n) is 7.68. The van der Waals surface area contributed by atoms with Crippen molar-refractivity contribution in [1.82, 2.24) is 25.1 Å². The Morgan fingerprint density at radius 1 is 1.42 bits per heavy atom. The molecule has 2 heterocycles. The lowest BCUT2D eigenvalue weighted by Crippen LogP contribution is -2.24. The van der Waals surface area contributed by atoms with Gasteiger partial charge in [-0.05, 0) is 31.5 Å².